The maximum Gasteiger partial charge on any atom is 0.0218 e. The molecule has 0 amide bonds. The van der Waals surface area contributed by atoms with Gasteiger partial charge >= 0.3 is 0 Å². The molecule has 1 heterocycles. The molecule has 1 aliphatic heterocycles. The van der Waals surface area contributed by atoms with E-state index in [2.05, 4.69) is 68.2 Å². The lowest BCUT2D eigenvalue weighted by atomic mass is 9.99. The molecule has 1 aromatic rings. The van der Waals surface area contributed by atoms with Crippen molar-refractivity contribution in [3.05, 3.63) is 35.9 Å². The summed E-state index contributed by atoms with van der Waals surface area (Å²) in [5.41, 5.74) is 1.72. The predicted molar refractivity (Wildman–Crippen MR) is 87.2 cm³/mol. The van der Waals surface area contributed by atoms with Crippen molar-refractivity contribution >= 4 is 0 Å². The highest BCUT2D eigenvalue weighted by Crippen LogP contribution is 2.28. The van der Waals surface area contributed by atoms with Crippen molar-refractivity contribution < 1.29 is 0 Å². The molecule has 2 rings (SSSR count). The number of nitrogens with zero attached hydrogens (tertiary/aromatic N) is 1. The molecule has 2 unspecified atom stereocenters. The lowest BCUT2D eigenvalue weighted by Crippen LogP contribution is -2.46. The van der Waals surface area contributed by atoms with E-state index in [9.17, 15) is 0 Å². The van der Waals surface area contributed by atoms with Gasteiger partial charge in [-0.15, -0.1) is 0 Å². The first-order valence-electron chi connectivity index (χ1n) is 8.03. The molecule has 1 aromatic carbocycles. The van der Waals surface area contributed by atoms with Crippen LogP contribution in [0.4, 0.5) is 0 Å². The Morgan fingerprint density at radius 2 is 1.95 bits per heavy atom. The summed E-state index contributed by atoms with van der Waals surface area (Å²) >= 11 is 0. The molecule has 0 saturated carbocycles. The van der Waals surface area contributed by atoms with E-state index in [1.54, 1.807) is 0 Å². The van der Waals surface area contributed by atoms with E-state index in [1.807, 2.05) is 0 Å². The second-order valence-electron chi connectivity index (χ2n) is 7.08. The summed E-state index contributed by atoms with van der Waals surface area (Å²) in [6, 6.07) is 11.7. The summed E-state index contributed by atoms with van der Waals surface area (Å²) in [5, 5.41) is 3.66. The Morgan fingerprint density at radius 1 is 1.25 bits per heavy atom. The van der Waals surface area contributed by atoms with Crippen molar-refractivity contribution in [2.45, 2.75) is 58.0 Å². The lowest BCUT2D eigenvalue weighted by Gasteiger charge is -2.31. The Morgan fingerprint density at radius 3 is 2.55 bits per heavy atom. The summed E-state index contributed by atoms with van der Waals surface area (Å²) in [5.74, 6) is 0.722. The van der Waals surface area contributed by atoms with Crippen LogP contribution in [0.5, 0.6) is 0 Å². The van der Waals surface area contributed by atoms with Crippen LogP contribution in [-0.4, -0.2) is 36.1 Å². The standard InChI is InChI=1S/C18H30N2/c1-5-17(13-19-18(2,3)4)20-12-11-16(14-20)15-9-7-6-8-10-15/h6-10,16-17,19H,5,11-14H2,1-4H3. The van der Waals surface area contributed by atoms with Crippen LogP contribution in [0, 0.1) is 0 Å². The van der Waals surface area contributed by atoms with E-state index in [0.29, 0.717) is 6.04 Å². The quantitative estimate of drug-likeness (QED) is 0.882. The zero-order valence-electron chi connectivity index (χ0n) is 13.5. The van der Waals surface area contributed by atoms with Gasteiger partial charge in [-0.05, 0) is 51.6 Å². The molecule has 1 aliphatic rings. The molecule has 0 aliphatic carbocycles. The van der Waals surface area contributed by atoms with E-state index in [4.69, 9.17) is 0 Å². The number of hydrogen-bond donors (Lipinski definition) is 1. The Kier molecular flexibility index (Phi) is 5.22. The number of likely N-dealkylation sites (tertiary alicyclic amines) is 1. The summed E-state index contributed by atoms with van der Waals surface area (Å²) in [7, 11) is 0. The molecule has 1 N–H and O–H groups in total. The van der Waals surface area contributed by atoms with Crippen LogP contribution in [0.15, 0.2) is 30.3 Å². The van der Waals surface area contributed by atoms with Crippen LogP contribution >= 0.6 is 0 Å². The van der Waals surface area contributed by atoms with Crippen LogP contribution in [0.1, 0.15) is 52.0 Å². The monoisotopic (exact) mass is 274 g/mol. The predicted octanol–water partition coefficient (Wildman–Crippen LogP) is 3.64. The van der Waals surface area contributed by atoms with E-state index in [-0.39, 0.29) is 5.54 Å². The molecule has 1 fully saturated rings. The zero-order chi connectivity index (χ0) is 14.6. The molecular formula is C18H30N2. The van der Waals surface area contributed by atoms with Crippen molar-refractivity contribution in [1.29, 1.82) is 0 Å². The lowest BCUT2D eigenvalue weighted by molar-refractivity contribution is 0.213. The first-order valence-corrected chi connectivity index (χ1v) is 8.03. The molecule has 0 aromatic heterocycles. The van der Waals surface area contributed by atoms with Crippen molar-refractivity contribution in [3.8, 4) is 0 Å². The molecule has 0 radical (unpaired) electrons. The number of rotatable bonds is 5. The normalized spacial score (nSPS) is 22.1. The van der Waals surface area contributed by atoms with Gasteiger partial charge in [0, 0.05) is 24.7 Å². The number of benzene rings is 1. The fourth-order valence-corrected chi connectivity index (χ4v) is 3.07. The molecule has 20 heavy (non-hydrogen) atoms. The Hall–Kier alpha value is -0.860. The fourth-order valence-electron chi connectivity index (χ4n) is 3.07. The van der Waals surface area contributed by atoms with E-state index < -0.39 is 0 Å². The third-order valence-electron chi connectivity index (χ3n) is 4.35. The molecular weight excluding hydrogens is 244 g/mol. The molecule has 0 spiro atoms. The largest absolute Gasteiger partial charge is 0.311 e. The van der Waals surface area contributed by atoms with Crippen LogP contribution in [-0.2, 0) is 0 Å². The van der Waals surface area contributed by atoms with E-state index in [0.717, 1.165) is 12.5 Å². The molecule has 0 bridgehead atoms. The van der Waals surface area contributed by atoms with Gasteiger partial charge in [0.2, 0.25) is 0 Å². The van der Waals surface area contributed by atoms with Crippen LogP contribution in [0.2, 0.25) is 0 Å². The van der Waals surface area contributed by atoms with Crippen LogP contribution in [0.3, 0.4) is 0 Å². The number of hydrogen-bond acceptors (Lipinski definition) is 2. The zero-order valence-corrected chi connectivity index (χ0v) is 13.5. The fraction of sp³-hybridized carbons (Fsp3) is 0.667. The van der Waals surface area contributed by atoms with Gasteiger partial charge in [0.05, 0.1) is 0 Å². The van der Waals surface area contributed by atoms with E-state index in [1.165, 1.54) is 31.5 Å². The second-order valence-corrected chi connectivity index (χ2v) is 7.08. The first-order chi connectivity index (χ1) is 9.49. The molecule has 2 nitrogen and oxygen atoms in total. The Balaban J connectivity index is 1.90. The first kappa shape index (κ1) is 15.5. The molecule has 1 saturated heterocycles. The smallest absolute Gasteiger partial charge is 0.0218 e. The highest BCUT2D eigenvalue weighted by molar-refractivity contribution is 5.21. The molecule has 112 valence electrons. The van der Waals surface area contributed by atoms with Gasteiger partial charge in [0.15, 0.2) is 0 Å². The topological polar surface area (TPSA) is 15.3 Å². The van der Waals surface area contributed by atoms with Gasteiger partial charge in [-0.25, -0.2) is 0 Å². The number of nitrogens with one attached hydrogen (secondary N) is 1. The van der Waals surface area contributed by atoms with Crippen molar-refractivity contribution in [3.63, 3.8) is 0 Å². The SMILES string of the molecule is CCC(CNC(C)(C)C)N1CCC(c2ccccc2)C1. The van der Waals surface area contributed by atoms with Gasteiger partial charge in [-0.1, -0.05) is 37.3 Å². The van der Waals surface area contributed by atoms with Gasteiger partial charge in [0.1, 0.15) is 0 Å². The summed E-state index contributed by atoms with van der Waals surface area (Å²) in [6.07, 6.45) is 2.53. The maximum absolute atomic E-state index is 3.66. The molecule has 2 atom stereocenters. The third-order valence-corrected chi connectivity index (χ3v) is 4.35. The summed E-state index contributed by atoms with van der Waals surface area (Å²) in [4.78, 5) is 2.68. The highest BCUT2D eigenvalue weighted by atomic mass is 15.2. The average Bonchev–Trinajstić information content (AvgIpc) is 2.89. The molecule has 2 heteroatoms. The highest BCUT2D eigenvalue weighted by Gasteiger charge is 2.28. The average molecular weight is 274 g/mol. The summed E-state index contributed by atoms with van der Waals surface area (Å²) < 4.78 is 0. The minimum Gasteiger partial charge on any atom is -0.311 e. The van der Waals surface area contributed by atoms with Gasteiger partial charge in [-0.3, -0.25) is 4.90 Å². The van der Waals surface area contributed by atoms with Gasteiger partial charge in [0.25, 0.3) is 0 Å². The maximum atomic E-state index is 3.66. The van der Waals surface area contributed by atoms with E-state index >= 15 is 0 Å². The van der Waals surface area contributed by atoms with Gasteiger partial charge in [-0.2, -0.15) is 0 Å². The van der Waals surface area contributed by atoms with Crippen LogP contribution in [0.25, 0.3) is 0 Å². The third kappa shape index (κ3) is 4.32. The second kappa shape index (κ2) is 6.73. The van der Waals surface area contributed by atoms with Crippen molar-refractivity contribution in [2.24, 2.45) is 0 Å². The summed E-state index contributed by atoms with van der Waals surface area (Å²) in [6.45, 7) is 12.6. The minimum absolute atomic E-state index is 0.214. The van der Waals surface area contributed by atoms with Crippen molar-refractivity contribution in [2.75, 3.05) is 19.6 Å². The van der Waals surface area contributed by atoms with Crippen LogP contribution < -0.4 is 5.32 Å². The minimum atomic E-state index is 0.214. The Labute approximate surface area is 124 Å². The van der Waals surface area contributed by atoms with Gasteiger partial charge < -0.3 is 5.32 Å². The van der Waals surface area contributed by atoms with Crippen molar-refractivity contribution in [1.82, 2.24) is 10.2 Å². The Bertz CT molecular complexity index is 394.